The number of anilines is 2. The predicted molar refractivity (Wildman–Crippen MR) is 121 cm³/mol. The summed E-state index contributed by atoms with van der Waals surface area (Å²) in [5.41, 5.74) is 1.81. The molecule has 3 heterocycles. The first kappa shape index (κ1) is 20.8. The van der Waals surface area contributed by atoms with E-state index in [1.165, 1.54) is 23.1 Å². The van der Waals surface area contributed by atoms with Crippen molar-refractivity contribution in [2.45, 2.75) is 56.1 Å². The zero-order valence-electron chi connectivity index (χ0n) is 17.4. The Morgan fingerprint density at radius 2 is 2.03 bits per heavy atom. The van der Waals surface area contributed by atoms with Crippen molar-refractivity contribution < 1.29 is 9.53 Å². The summed E-state index contributed by atoms with van der Waals surface area (Å²) in [5.74, 6) is 1.04. The van der Waals surface area contributed by atoms with Gasteiger partial charge in [-0.3, -0.25) is 9.36 Å². The average molecular weight is 459 g/mol. The van der Waals surface area contributed by atoms with Gasteiger partial charge in [-0.25, -0.2) is 0 Å². The van der Waals surface area contributed by atoms with Gasteiger partial charge >= 0.3 is 0 Å². The number of nitrogens with zero attached hydrogens (tertiary/aromatic N) is 5. The fourth-order valence-electron chi connectivity index (χ4n) is 4.24. The third-order valence-electron chi connectivity index (χ3n) is 5.97. The zero-order chi connectivity index (χ0) is 21.2. The molecule has 0 spiro atoms. The van der Waals surface area contributed by atoms with Crippen LogP contribution in [0.5, 0.6) is 0 Å². The van der Waals surface area contributed by atoms with Crippen LogP contribution in [-0.2, 0) is 22.4 Å². The summed E-state index contributed by atoms with van der Waals surface area (Å²) in [4.78, 5) is 16.2. The van der Waals surface area contributed by atoms with Crippen LogP contribution in [-0.4, -0.2) is 52.7 Å². The van der Waals surface area contributed by atoms with Crippen LogP contribution in [0.2, 0.25) is 0 Å². The molecular formula is C21H26N6O2S2. The lowest BCUT2D eigenvalue weighted by Gasteiger charge is -2.27. The zero-order valence-corrected chi connectivity index (χ0v) is 19.1. The number of thiophene rings is 1. The molecule has 2 aromatic heterocycles. The molecule has 8 nitrogen and oxygen atoms in total. The van der Waals surface area contributed by atoms with Crippen LogP contribution < -0.4 is 10.2 Å². The van der Waals surface area contributed by atoms with Crippen molar-refractivity contribution in [2.24, 2.45) is 0 Å². The number of amides is 1. The van der Waals surface area contributed by atoms with Gasteiger partial charge in [0.1, 0.15) is 11.1 Å². The summed E-state index contributed by atoms with van der Waals surface area (Å²) in [6.07, 6.45) is 7.68. The molecule has 1 aliphatic heterocycles. The molecule has 5 rings (SSSR count). The van der Waals surface area contributed by atoms with Crippen molar-refractivity contribution in [1.82, 2.24) is 14.8 Å². The van der Waals surface area contributed by atoms with E-state index in [0.29, 0.717) is 29.8 Å². The van der Waals surface area contributed by atoms with Gasteiger partial charge in [-0.05, 0) is 44.1 Å². The van der Waals surface area contributed by atoms with Crippen LogP contribution in [0.25, 0.3) is 0 Å². The minimum absolute atomic E-state index is 0.101. The van der Waals surface area contributed by atoms with Gasteiger partial charge in [-0.1, -0.05) is 18.2 Å². The summed E-state index contributed by atoms with van der Waals surface area (Å²) in [6.45, 7) is 3.04. The number of carbonyl (C=O) groups is 1. The highest BCUT2D eigenvalue weighted by Gasteiger charge is 2.32. The lowest BCUT2D eigenvalue weighted by atomic mass is 10.1. The number of thioether (sulfide) groups is 1. The fourth-order valence-corrected chi connectivity index (χ4v) is 6.30. The molecule has 0 radical (unpaired) electrons. The monoisotopic (exact) mass is 458 g/mol. The molecule has 0 atom stereocenters. The Kier molecular flexibility index (Phi) is 6.16. The Labute approximate surface area is 190 Å². The van der Waals surface area contributed by atoms with Crippen LogP contribution in [0.3, 0.4) is 0 Å². The number of hydrogen-bond donors (Lipinski definition) is 1. The SMILES string of the molecule is N#Cc1c(NC(=O)CSc2nnc(N3CCOCC3)n2C2CC2)sc2c1CCCCC2. The maximum atomic E-state index is 12.7. The van der Waals surface area contributed by atoms with Crippen LogP contribution in [0.15, 0.2) is 5.16 Å². The van der Waals surface area contributed by atoms with E-state index in [0.717, 1.165) is 68.3 Å². The molecule has 1 amide bonds. The second kappa shape index (κ2) is 9.18. The van der Waals surface area contributed by atoms with Crippen LogP contribution in [0, 0.1) is 11.3 Å². The van der Waals surface area contributed by atoms with Crippen LogP contribution in [0.1, 0.15) is 54.1 Å². The Balaban J connectivity index is 1.26. The molecule has 3 aliphatic rings. The number of hydrogen-bond acceptors (Lipinski definition) is 8. The first-order chi connectivity index (χ1) is 15.2. The Morgan fingerprint density at radius 1 is 1.23 bits per heavy atom. The van der Waals surface area contributed by atoms with Crippen LogP contribution in [0.4, 0.5) is 10.9 Å². The van der Waals surface area contributed by atoms with Gasteiger partial charge < -0.3 is 15.0 Å². The van der Waals surface area contributed by atoms with E-state index in [2.05, 4.69) is 31.1 Å². The quantitative estimate of drug-likeness (QED) is 0.524. The standard InChI is InChI=1S/C21H26N6O2S2/c22-12-16-15-4-2-1-3-5-17(15)31-19(16)23-18(28)13-30-21-25-24-20(27(21)14-6-7-14)26-8-10-29-11-9-26/h14H,1-11,13H2,(H,23,28). The van der Waals surface area contributed by atoms with E-state index in [9.17, 15) is 10.1 Å². The largest absolute Gasteiger partial charge is 0.378 e. The summed E-state index contributed by atoms with van der Waals surface area (Å²) < 4.78 is 7.65. The summed E-state index contributed by atoms with van der Waals surface area (Å²) >= 11 is 3.00. The second-order valence-corrected chi connectivity index (χ2v) is 10.2. The maximum Gasteiger partial charge on any atom is 0.235 e. The number of fused-ring (bicyclic) bond motifs is 1. The predicted octanol–water partition coefficient (Wildman–Crippen LogP) is 3.38. The Hall–Kier alpha value is -2.09. The third kappa shape index (κ3) is 4.45. The third-order valence-corrected chi connectivity index (χ3v) is 8.12. The van der Waals surface area contributed by atoms with Gasteiger partial charge in [-0.2, -0.15) is 5.26 Å². The van der Waals surface area contributed by atoms with Gasteiger partial charge in [-0.15, -0.1) is 21.5 Å². The molecule has 31 heavy (non-hydrogen) atoms. The lowest BCUT2D eigenvalue weighted by Crippen LogP contribution is -2.38. The first-order valence-electron chi connectivity index (χ1n) is 11.0. The van der Waals surface area contributed by atoms with E-state index < -0.39 is 0 Å². The van der Waals surface area contributed by atoms with Crippen molar-refractivity contribution >= 4 is 40.0 Å². The number of nitrogens with one attached hydrogen (secondary N) is 1. The van der Waals surface area contributed by atoms with Gasteiger partial charge in [0.05, 0.1) is 24.5 Å². The molecule has 0 aromatic carbocycles. The number of rotatable bonds is 6. The number of morpholine rings is 1. The fraction of sp³-hybridized carbons (Fsp3) is 0.619. The summed E-state index contributed by atoms with van der Waals surface area (Å²) in [7, 11) is 0. The van der Waals surface area contributed by atoms with Crippen molar-refractivity contribution in [1.29, 1.82) is 5.26 Å². The molecule has 10 heteroatoms. The molecule has 1 saturated heterocycles. The molecule has 164 valence electrons. The number of carbonyl (C=O) groups excluding carboxylic acids is 1. The van der Waals surface area contributed by atoms with E-state index in [4.69, 9.17) is 4.74 Å². The van der Waals surface area contributed by atoms with E-state index in [1.807, 2.05) is 0 Å². The molecule has 2 aliphatic carbocycles. The van der Waals surface area contributed by atoms with Crippen molar-refractivity contribution in [3.05, 3.63) is 16.0 Å². The van der Waals surface area contributed by atoms with Crippen molar-refractivity contribution in [2.75, 3.05) is 42.3 Å². The molecule has 1 N–H and O–H groups in total. The highest BCUT2D eigenvalue weighted by atomic mass is 32.2. The summed E-state index contributed by atoms with van der Waals surface area (Å²) in [6, 6.07) is 2.76. The minimum atomic E-state index is -0.101. The summed E-state index contributed by atoms with van der Waals surface area (Å²) in [5, 5.41) is 23.0. The maximum absolute atomic E-state index is 12.7. The van der Waals surface area contributed by atoms with E-state index in [1.54, 1.807) is 11.3 Å². The number of ether oxygens (including phenoxy) is 1. The van der Waals surface area contributed by atoms with Gasteiger partial charge in [0, 0.05) is 24.0 Å². The normalized spacial score (nSPS) is 18.9. The van der Waals surface area contributed by atoms with Crippen molar-refractivity contribution in [3.8, 4) is 6.07 Å². The smallest absolute Gasteiger partial charge is 0.235 e. The Morgan fingerprint density at radius 3 is 2.81 bits per heavy atom. The lowest BCUT2D eigenvalue weighted by molar-refractivity contribution is -0.113. The Bertz CT molecular complexity index is 1000. The molecule has 2 aromatic rings. The van der Waals surface area contributed by atoms with E-state index >= 15 is 0 Å². The molecular weight excluding hydrogens is 432 g/mol. The highest BCUT2D eigenvalue weighted by molar-refractivity contribution is 7.99. The van der Waals surface area contributed by atoms with Crippen LogP contribution >= 0.6 is 23.1 Å². The van der Waals surface area contributed by atoms with Gasteiger partial charge in [0.2, 0.25) is 11.9 Å². The van der Waals surface area contributed by atoms with Gasteiger partial charge in [0.25, 0.3) is 0 Å². The molecule has 1 saturated carbocycles. The first-order valence-corrected chi connectivity index (χ1v) is 12.8. The number of aryl methyl sites for hydroxylation is 1. The molecule has 0 unspecified atom stereocenters. The topological polar surface area (TPSA) is 96.1 Å². The molecule has 0 bridgehead atoms. The molecule has 2 fully saturated rings. The second-order valence-electron chi connectivity index (χ2n) is 8.20. The highest BCUT2D eigenvalue weighted by Crippen LogP contribution is 2.41. The minimum Gasteiger partial charge on any atom is -0.378 e. The van der Waals surface area contributed by atoms with Gasteiger partial charge in [0.15, 0.2) is 5.16 Å². The number of aromatic nitrogens is 3. The number of nitriles is 1. The van der Waals surface area contributed by atoms with E-state index in [-0.39, 0.29) is 11.7 Å². The average Bonchev–Trinajstić information content (AvgIpc) is 3.51. The van der Waals surface area contributed by atoms with Crippen molar-refractivity contribution in [3.63, 3.8) is 0 Å².